The lowest BCUT2D eigenvalue weighted by Gasteiger charge is -2.21. The molecule has 0 aromatic heterocycles. The molecule has 0 heterocycles. The summed E-state index contributed by atoms with van der Waals surface area (Å²) in [5.74, 6) is -2.49. The third kappa shape index (κ3) is 3.43. The highest BCUT2D eigenvalue weighted by atomic mass is 19.1. The summed E-state index contributed by atoms with van der Waals surface area (Å²) in [7, 11) is 0. The Labute approximate surface area is 109 Å². The number of aromatic hydroxyl groups is 1. The molecular weight excluding hydrogens is 253 g/mol. The van der Waals surface area contributed by atoms with Gasteiger partial charge in [0.1, 0.15) is 18.1 Å². The minimum Gasteiger partial charge on any atom is -0.507 e. The van der Waals surface area contributed by atoms with Crippen molar-refractivity contribution in [2.75, 3.05) is 13.1 Å². The van der Waals surface area contributed by atoms with E-state index in [4.69, 9.17) is 5.11 Å². The molecule has 0 unspecified atom stereocenters. The molecule has 0 aliphatic heterocycles. The number of phenolic OH excluding ortho intramolecular Hbond substituents is 1. The van der Waals surface area contributed by atoms with Gasteiger partial charge >= 0.3 is 5.97 Å². The first-order chi connectivity index (χ1) is 8.97. The van der Waals surface area contributed by atoms with Crippen LogP contribution in [0.5, 0.6) is 5.75 Å². The van der Waals surface area contributed by atoms with Crippen molar-refractivity contribution in [2.24, 2.45) is 5.92 Å². The Hall–Kier alpha value is -2.11. The van der Waals surface area contributed by atoms with E-state index in [-0.39, 0.29) is 11.3 Å². The summed E-state index contributed by atoms with van der Waals surface area (Å²) in [5.41, 5.74) is -0.207. The standard InChI is InChI=1S/C13H14FNO4/c14-9-3-4-11(16)10(5-9)13(19)15(7-12(17)18)6-8-1-2-8/h3-5,8,16H,1-2,6-7H2,(H,17,18). The summed E-state index contributed by atoms with van der Waals surface area (Å²) in [6.07, 6.45) is 1.91. The number of carbonyl (C=O) groups is 2. The number of amides is 1. The lowest BCUT2D eigenvalue weighted by Crippen LogP contribution is -2.37. The number of carbonyl (C=O) groups excluding carboxylic acids is 1. The van der Waals surface area contributed by atoms with Gasteiger partial charge in [0.25, 0.3) is 5.91 Å². The Morgan fingerprint density at radius 1 is 1.37 bits per heavy atom. The van der Waals surface area contributed by atoms with Crippen molar-refractivity contribution in [1.82, 2.24) is 4.90 Å². The van der Waals surface area contributed by atoms with Crippen LogP contribution in [-0.2, 0) is 4.79 Å². The number of aliphatic carboxylic acids is 1. The first-order valence-corrected chi connectivity index (χ1v) is 5.97. The Balaban J connectivity index is 2.21. The van der Waals surface area contributed by atoms with Gasteiger partial charge in [-0.15, -0.1) is 0 Å². The number of halogens is 1. The monoisotopic (exact) mass is 267 g/mol. The molecule has 1 aliphatic rings. The van der Waals surface area contributed by atoms with Crippen molar-refractivity contribution in [3.63, 3.8) is 0 Å². The van der Waals surface area contributed by atoms with E-state index in [9.17, 15) is 19.1 Å². The SMILES string of the molecule is O=C(O)CN(CC1CC1)C(=O)c1cc(F)ccc1O. The molecule has 0 bridgehead atoms. The number of hydrogen-bond acceptors (Lipinski definition) is 3. The number of nitrogens with zero attached hydrogens (tertiary/aromatic N) is 1. The van der Waals surface area contributed by atoms with Crippen LogP contribution < -0.4 is 0 Å². The Morgan fingerprint density at radius 3 is 2.63 bits per heavy atom. The smallest absolute Gasteiger partial charge is 0.323 e. The lowest BCUT2D eigenvalue weighted by atomic mass is 10.1. The molecule has 5 nitrogen and oxygen atoms in total. The van der Waals surface area contributed by atoms with Gasteiger partial charge in [-0.25, -0.2) is 4.39 Å². The van der Waals surface area contributed by atoms with Crippen molar-refractivity contribution >= 4 is 11.9 Å². The fraction of sp³-hybridized carbons (Fsp3) is 0.385. The van der Waals surface area contributed by atoms with E-state index in [1.54, 1.807) is 0 Å². The molecule has 1 amide bonds. The maximum absolute atomic E-state index is 13.1. The number of rotatable bonds is 5. The minimum absolute atomic E-state index is 0.207. The molecule has 0 radical (unpaired) electrons. The zero-order valence-corrected chi connectivity index (χ0v) is 10.2. The van der Waals surface area contributed by atoms with Crippen molar-refractivity contribution in [2.45, 2.75) is 12.8 Å². The highest BCUT2D eigenvalue weighted by molar-refractivity contribution is 5.98. The van der Waals surface area contributed by atoms with Crippen molar-refractivity contribution in [3.05, 3.63) is 29.6 Å². The summed E-state index contributed by atoms with van der Waals surface area (Å²) < 4.78 is 13.1. The molecule has 0 atom stereocenters. The third-order valence-corrected chi connectivity index (χ3v) is 2.98. The predicted octanol–water partition coefficient (Wildman–Crippen LogP) is 1.47. The zero-order chi connectivity index (χ0) is 14.0. The van der Waals surface area contributed by atoms with E-state index in [1.807, 2.05) is 0 Å². The summed E-state index contributed by atoms with van der Waals surface area (Å²) in [6.45, 7) is -0.133. The van der Waals surface area contributed by atoms with E-state index in [0.29, 0.717) is 12.5 Å². The molecule has 1 aliphatic carbocycles. The zero-order valence-electron chi connectivity index (χ0n) is 10.2. The summed E-state index contributed by atoms with van der Waals surface area (Å²) >= 11 is 0. The number of carboxylic acid groups (broad SMARTS) is 1. The Bertz CT molecular complexity index is 513. The molecule has 1 aromatic rings. The van der Waals surface area contributed by atoms with Crippen LogP contribution in [0.4, 0.5) is 4.39 Å². The van der Waals surface area contributed by atoms with Crippen LogP contribution in [0.1, 0.15) is 23.2 Å². The van der Waals surface area contributed by atoms with E-state index in [1.165, 1.54) is 0 Å². The van der Waals surface area contributed by atoms with Crippen molar-refractivity contribution < 1.29 is 24.2 Å². The highest BCUT2D eigenvalue weighted by Gasteiger charge is 2.29. The summed E-state index contributed by atoms with van der Waals surface area (Å²) in [6, 6.07) is 3.03. The van der Waals surface area contributed by atoms with Crippen LogP contribution in [0.2, 0.25) is 0 Å². The number of benzene rings is 1. The molecule has 1 aromatic carbocycles. The average molecular weight is 267 g/mol. The molecule has 2 N–H and O–H groups in total. The second kappa shape index (κ2) is 5.26. The van der Waals surface area contributed by atoms with E-state index >= 15 is 0 Å². The molecule has 2 rings (SSSR count). The molecule has 102 valence electrons. The molecule has 1 saturated carbocycles. The normalized spacial score (nSPS) is 14.2. The van der Waals surface area contributed by atoms with Crippen LogP contribution in [0, 0.1) is 11.7 Å². The lowest BCUT2D eigenvalue weighted by molar-refractivity contribution is -0.137. The van der Waals surface area contributed by atoms with Gasteiger partial charge in [0.05, 0.1) is 5.56 Å². The van der Waals surface area contributed by atoms with Gasteiger partial charge in [-0.2, -0.15) is 0 Å². The first-order valence-electron chi connectivity index (χ1n) is 5.97. The quantitative estimate of drug-likeness (QED) is 0.846. The average Bonchev–Trinajstić information content (AvgIpc) is 3.14. The second-order valence-electron chi connectivity index (χ2n) is 4.68. The van der Waals surface area contributed by atoms with Gasteiger partial charge < -0.3 is 15.1 Å². The van der Waals surface area contributed by atoms with Crippen molar-refractivity contribution in [1.29, 1.82) is 0 Å². The van der Waals surface area contributed by atoms with Crippen LogP contribution >= 0.6 is 0 Å². The molecule has 19 heavy (non-hydrogen) atoms. The van der Waals surface area contributed by atoms with Crippen LogP contribution in [0.3, 0.4) is 0 Å². The van der Waals surface area contributed by atoms with Gasteiger partial charge in [0, 0.05) is 6.54 Å². The number of hydrogen-bond donors (Lipinski definition) is 2. The number of phenols is 1. The van der Waals surface area contributed by atoms with E-state index < -0.39 is 24.2 Å². The highest BCUT2D eigenvalue weighted by Crippen LogP contribution is 2.30. The minimum atomic E-state index is -1.13. The molecule has 1 fully saturated rings. The largest absolute Gasteiger partial charge is 0.507 e. The maximum Gasteiger partial charge on any atom is 0.323 e. The van der Waals surface area contributed by atoms with E-state index in [2.05, 4.69) is 0 Å². The molecule has 0 saturated heterocycles. The topological polar surface area (TPSA) is 77.8 Å². The van der Waals surface area contributed by atoms with Gasteiger partial charge in [-0.05, 0) is 37.0 Å². The van der Waals surface area contributed by atoms with Crippen LogP contribution in [-0.4, -0.2) is 40.1 Å². The second-order valence-corrected chi connectivity index (χ2v) is 4.68. The Kier molecular flexibility index (Phi) is 3.69. The van der Waals surface area contributed by atoms with Crippen LogP contribution in [0.25, 0.3) is 0 Å². The molecular formula is C13H14FNO4. The summed E-state index contributed by atoms with van der Waals surface area (Å²) in [4.78, 5) is 24.1. The van der Waals surface area contributed by atoms with E-state index in [0.717, 1.165) is 35.9 Å². The van der Waals surface area contributed by atoms with Gasteiger partial charge in [0.2, 0.25) is 0 Å². The molecule has 0 spiro atoms. The summed E-state index contributed by atoms with van der Waals surface area (Å²) in [5, 5.41) is 18.4. The van der Waals surface area contributed by atoms with Gasteiger partial charge in [-0.1, -0.05) is 0 Å². The van der Waals surface area contributed by atoms with Crippen LogP contribution in [0.15, 0.2) is 18.2 Å². The fourth-order valence-corrected chi connectivity index (χ4v) is 1.84. The first kappa shape index (κ1) is 13.3. The number of carboxylic acids is 1. The van der Waals surface area contributed by atoms with Gasteiger partial charge in [0.15, 0.2) is 0 Å². The predicted molar refractivity (Wildman–Crippen MR) is 64.3 cm³/mol. The Morgan fingerprint density at radius 2 is 2.05 bits per heavy atom. The molecule has 6 heteroatoms. The van der Waals surface area contributed by atoms with Gasteiger partial charge in [-0.3, -0.25) is 9.59 Å². The third-order valence-electron chi connectivity index (χ3n) is 2.98. The maximum atomic E-state index is 13.1. The van der Waals surface area contributed by atoms with Crippen molar-refractivity contribution in [3.8, 4) is 5.75 Å². The fourth-order valence-electron chi connectivity index (χ4n) is 1.84.